The van der Waals surface area contributed by atoms with Gasteiger partial charge < -0.3 is 14.8 Å². The maximum absolute atomic E-state index is 12.7. The molecule has 1 fully saturated rings. The molecule has 0 radical (unpaired) electrons. The molecule has 1 amide bonds. The van der Waals surface area contributed by atoms with E-state index in [0.717, 1.165) is 11.8 Å². The maximum atomic E-state index is 12.7. The van der Waals surface area contributed by atoms with Gasteiger partial charge in [-0.1, -0.05) is 6.07 Å². The lowest BCUT2D eigenvalue weighted by atomic mass is 10.3. The number of nitrogens with one attached hydrogen (secondary N) is 1. The van der Waals surface area contributed by atoms with Crippen LogP contribution in [0, 0.1) is 0 Å². The Hall–Kier alpha value is -1.62. The van der Waals surface area contributed by atoms with Crippen LogP contribution in [-0.4, -0.2) is 68.5 Å². The third kappa shape index (κ3) is 6.20. The molecule has 1 aromatic carbocycles. The Morgan fingerprint density at radius 1 is 1.33 bits per heavy atom. The Morgan fingerprint density at radius 2 is 2.04 bits per heavy atom. The van der Waals surface area contributed by atoms with E-state index in [1.165, 1.54) is 16.4 Å². The number of morpholine rings is 1. The van der Waals surface area contributed by atoms with E-state index in [4.69, 9.17) is 9.47 Å². The Morgan fingerprint density at radius 3 is 2.70 bits per heavy atom. The highest BCUT2D eigenvalue weighted by Crippen LogP contribution is 2.21. The maximum Gasteiger partial charge on any atom is 0.315 e. The van der Waals surface area contributed by atoms with Crippen LogP contribution in [0.25, 0.3) is 0 Å². The lowest BCUT2D eigenvalue weighted by molar-refractivity contribution is -0.139. The zero-order valence-corrected chi connectivity index (χ0v) is 17.0. The van der Waals surface area contributed by atoms with E-state index in [1.807, 2.05) is 0 Å². The van der Waals surface area contributed by atoms with Crippen LogP contribution in [0.1, 0.15) is 13.8 Å². The number of amides is 1. The molecule has 1 atom stereocenters. The first-order valence-electron chi connectivity index (χ1n) is 8.60. The molecule has 150 valence electrons. The monoisotopic (exact) mass is 416 g/mol. The first-order chi connectivity index (χ1) is 12.8. The fraction of sp³-hybridized carbons (Fsp3) is 0.529. The molecule has 0 bridgehead atoms. The van der Waals surface area contributed by atoms with Gasteiger partial charge in [0.25, 0.3) is 0 Å². The number of hydrogen-bond acceptors (Lipinski definition) is 7. The summed E-state index contributed by atoms with van der Waals surface area (Å²) in [6, 6.07) is 6.14. The molecule has 0 saturated carbocycles. The first kappa shape index (κ1) is 21.7. The molecular formula is C17H24N2O6S2. The van der Waals surface area contributed by atoms with Crippen molar-refractivity contribution in [1.82, 2.24) is 4.31 Å². The first-order valence-corrected chi connectivity index (χ1v) is 11.1. The van der Waals surface area contributed by atoms with E-state index in [2.05, 4.69) is 5.32 Å². The highest BCUT2D eigenvalue weighted by molar-refractivity contribution is 8.01. The summed E-state index contributed by atoms with van der Waals surface area (Å²) in [6.45, 7) is 5.03. The van der Waals surface area contributed by atoms with Gasteiger partial charge in [-0.3, -0.25) is 9.59 Å². The molecule has 1 saturated heterocycles. The molecule has 1 heterocycles. The normalized spacial score (nSPS) is 16.5. The molecule has 1 aliphatic rings. The minimum Gasteiger partial charge on any atom is -0.465 e. The van der Waals surface area contributed by atoms with Crippen molar-refractivity contribution in [3.8, 4) is 0 Å². The van der Waals surface area contributed by atoms with E-state index < -0.39 is 15.3 Å². The Kier molecular flexibility index (Phi) is 8.08. The minimum atomic E-state index is -3.63. The molecule has 2 rings (SSSR count). The highest BCUT2D eigenvalue weighted by atomic mass is 32.2. The summed E-state index contributed by atoms with van der Waals surface area (Å²) in [5.74, 6) is -0.612. The van der Waals surface area contributed by atoms with Crippen LogP contribution in [0.2, 0.25) is 0 Å². The lowest BCUT2D eigenvalue weighted by Crippen LogP contribution is -2.40. The van der Waals surface area contributed by atoms with Crippen LogP contribution in [-0.2, 0) is 29.1 Å². The van der Waals surface area contributed by atoms with Crippen molar-refractivity contribution in [1.29, 1.82) is 0 Å². The van der Waals surface area contributed by atoms with Gasteiger partial charge in [-0.05, 0) is 32.0 Å². The van der Waals surface area contributed by atoms with Gasteiger partial charge in [-0.25, -0.2) is 8.42 Å². The molecule has 1 N–H and O–H groups in total. The van der Waals surface area contributed by atoms with Crippen molar-refractivity contribution in [3.63, 3.8) is 0 Å². The molecule has 0 aromatic heterocycles. The molecule has 0 aliphatic carbocycles. The average molecular weight is 417 g/mol. The summed E-state index contributed by atoms with van der Waals surface area (Å²) >= 11 is 1.16. The summed E-state index contributed by atoms with van der Waals surface area (Å²) in [7, 11) is -3.63. The summed E-state index contributed by atoms with van der Waals surface area (Å²) in [5.41, 5.74) is 0.387. The molecule has 27 heavy (non-hydrogen) atoms. The number of carbonyl (C=O) groups is 2. The van der Waals surface area contributed by atoms with Gasteiger partial charge in [-0.15, -0.1) is 11.8 Å². The molecule has 8 nitrogen and oxygen atoms in total. The van der Waals surface area contributed by atoms with E-state index in [1.54, 1.807) is 26.0 Å². The molecule has 1 aliphatic heterocycles. The van der Waals surface area contributed by atoms with Gasteiger partial charge in [0.15, 0.2) is 0 Å². The Balaban J connectivity index is 2.00. The number of ether oxygens (including phenoxy) is 2. The van der Waals surface area contributed by atoms with Gasteiger partial charge in [0.05, 0.1) is 35.7 Å². The topological polar surface area (TPSA) is 102 Å². The van der Waals surface area contributed by atoms with Gasteiger partial charge in [0.2, 0.25) is 15.9 Å². The van der Waals surface area contributed by atoms with Crippen molar-refractivity contribution in [3.05, 3.63) is 24.3 Å². The van der Waals surface area contributed by atoms with E-state index in [0.29, 0.717) is 38.6 Å². The Bertz CT molecular complexity index is 762. The lowest BCUT2D eigenvalue weighted by Gasteiger charge is -2.26. The third-order valence-electron chi connectivity index (χ3n) is 3.84. The van der Waals surface area contributed by atoms with Crippen molar-refractivity contribution in [2.24, 2.45) is 0 Å². The number of carbonyl (C=O) groups excluding carboxylic acids is 2. The summed E-state index contributed by atoms with van der Waals surface area (Å²) in [5, 5.41) is 2.20. The smallest absolute Gasteiger partial charge is 0.315 e. The van der Waals surface area contributed by atoms with Crippen LogP contribution in [0.4, 0.5) is 5.69 Å². The number of rotatable bonds is 8. The van der Waals surface area contributed by atoms with E-state index in [9.17, 15) is 18.0 Å². The zero-order chi connectivity index (χ0) is 19.9. The van der Waals surface area contributed by atoms with Crippen molar-refractivity contribution in [2.45, 2.75) is 24.0 Å². The van der Waals surface area contributed by atoms with Gasteiger partial charge in [-0.2, -0.15) is 4.31 Å². The number of esters is 1. The predicted octanol–water partition coefficient (Wildman–Crippen LogP) is 1.33. The van der Waals surface area contributed by atoms with Crippen molar-refractivity contribution < 1.29 is 27.5 Å². The number of nitrogens with zero attached hydrogens (tertiary/aromatic N) is 1. The second-order valence-corrected chi connectivity index (χ2v) is 9.06. The predicted molar refractivity (Wildman–Crippen MR) is 103 cm³/mol. The summed E-state index contributed by atoms with van der Waals surface area (Å²) in [6.07, 6.45) is 0. The molecule has 0 unspecified atom stereocenters. The quantitative estimate of drug-likeness (QED) is 0.638. The number of hydrogen-bond donors (Lipinski definition) is 1. The number of thioether (sulfide) groups is 1. The third-order valence-corrected chi connectivity index (χ3v) is 6.85. The number of benzene rings is 1. The zero-order valence-electron chi connectivity index (χ0n) is 15.3. The van der Waals surface area contributed by atoms with Gasteiger partial charge in [0.1, 0.15) is 0 Å². The number of anilines is 1. The summed E-state index contributed by atoms with van der Waals surface area (Å²) in [4.78, 5) is 23.8. The second-order valence-electron chi connectivity index (χ2n) is 5.79. The minimum absolute atomic E-state index is 0.0773. The molecule has 1 aromatic rings. The molecule has 0 spiro atoms. The van der Waals surface area contributed by atoms with Gasteiger partial charge in [0, 0.05) is 18.8 Å². The highest BCUT2D eigenvalue weighted by Gasteiger charge is 2.26. The van der Waals surface area contributed by atoms with E-state index >= 15 is 0 Å². The average Bonchev–Trinajstić information content (AvgIpc) is 2.67. The Labute approximate surface area is 163 Å². The van der Waals surface area contributed by atoms with Crippen LogP contribution in [0.15, 0.2) is 29.2 Å². The van der Waals surface area contributed by atoms with E-state index in [-0.39, 0.29) is 22.5 Å². The van der Waals surface area contributed by atoms with Crippen LogP contribution >= 0.6 is 11.8 Å². The van der Waals surface area contributed by atoms with Crippen molar-refractivity contribution >= 4 is 39.3 Å². The molecular weight excluding hydrogens is 392 g/mol. The van der Waals surface area contributed by atoms with Crippen LogP contribution in [0.3, 0.4) is 0 Å². The fourth-order valence-electron chi connectivity index (χ4n) is 2.39. The standard InChI is InChI=1S/C17H24N2O6S2/c1-3-25-16(20)12-26-13(2)17(21)18-14-5-4-6-15(11-14)27(22,23)19-7-9-24-10-8-19/h4-6,11,13H,3,7-10,12H2,1-2H3,(H,18,21)/t13-/m0/s1. The molecule has 10 heteroatoms. The SMILES string of the molecule is CCOC(=O)CS[C@@H](C)C(=O)Nc1cccc(S(=O)(=O)N2CCOCC2)c1. The van der Waals surface area contributed by atoms with Crippen molar-refractivity contribution in [2.75, 3.05) is 44.0 Å². The second kappa shape index (κ2) is 10.1. The van der Waals surface area contributed by atoms with Crippen LogP contribution < -0.4 is 5.32 Å². The fourth-order valence-corrected chi connectivity index (χ4v) is 4.52. The number of sulfonamides is 1. The largest absolute Gasteiger partial charge is 0.465 e. The summed E-state index contributed by atoms with van der Waals surface area (Å²) < 4.78 is 36.8. The van der Waals surface area contributed by atoms with Crippen LogP contribution in [0.5, 0.6) is 0 Å². The van der Waals surface area contributed by atoms with Gasteiger partial charge >= 0.3 is 5.97 Å².